The molecule has 0 aliphatic heterocycles. The fourth-order valence-corrected chi connectivity index (χ4v) is 2.87. The number of benzene rings is 1. The minimum Gasteiger partial charge on any atom is -0.508 e. The third-order valence-corrected chi connectivity index (χ3v) is 4.78. The van der Waals surface area contributed by atoms with E-state index in [0.717, 1.165) is 0 Å². The quantitative estimate of drug-likeness (QED) is 0.135. The maximum absolute atomic E-state index is 12.5. The number of rotatable bonds is 14. The van der Waals surface area contributed by atoms with E-state index in [1.54, 1.807) is 12.1 Å². The van der Waals surface area contributed by atoms with Crippen molar-refractivity contribution in [1.82, 2.24) is 16.0 Å². The standard InChI is InChI=1S/C21H29N5O9/c1-10(24-19(32)13(22)8-11-2-4-12(27)5-3-11)18(31)26-15(9-16(23)28)20(33)25-14(21(34)35)6-7-17(29)30/h2-5,10,13-15,27H,6-9,22H2,1H3,(H2,23,28)(H,24,32)(H,25,33)(H,26,31)(H,29,30)(H,34,35). The highest BCUT2D eigenvalue weighted by atomic mass is 16.4. The Morgan fingerprint density at radius 3 is 1.97 bits per heavy atom. The summed E-state index contributed by atoms with van der Waals surface area (Å²) < 4.78 is 0. The molecule has 4 unspecified atom stereocenters. The van der Waals surface area contributed by atoms with Crippen molar-refractivity contribution in [3.63, 3.8) is 0 Å². The van der Waals surface area contributed by atoms with Crippen LogP contribution < -0.4 is 27.4 Å². The van der Waals surface area contributed by atoms with Crippen LogP contribution in [0.3, 0.4) is 0 Å². The van der Waals surface area contributed by atoms with Gasteiger partial charge in [0.2, 0.25) is 23.6 Å². The molecular weight excluding hydrogens is 466 g/mol. The number of nitrogens with two attached hydrogens (primary N) is 2. The van der Waals surface area contributed by atoms with Crippen LogP contribution >= 0.6 is 0 Å². The van der Waals surface area contributed by atoms with Gasteiger partial charge >= 0.3 is 11.9 Å². The van der Waals surface area contributed by atoms with E-state index in [-0.39, 0.29) is 12.2 Å². The molecule has 0 heterocycles. The molecule has 14 nitrogen and oxygen atoms in total. The number of aliphatic carboxylic acids is 2. The second-order valence-electron chi connectivity index (χ2n) is 7.77. The molecule has 35 heavy (non-hydrogen) atoms. The fraction of sp³-hybridized carbons (Fsp3) is 0.429. The number of phenols is 1. The zero-order chi connectivity index (χ0) is 26.7. The first kappa shape index (κ1) is 28.8. The van der Waals surface area contributed by atoms with Crippen molar-refractivity contribution < 1.29 is 44.1 Å². The summed E-state index contributed by atoms with van der Waals surface area (Å²) in [5.41, 5.74) is 11.6. The number of carboxylic acids is 2. The van der Waals surface area contributed by atoms with Crippen molar-refractivity contribution in [3.05, 3.63) is 29.8 Å². The summed E-state index contributed by atoms with van der Waals surface area (Å²) in [5.74, 6) is -6.35. The third-order valence-electron chi connectivity index (χ3n) is 4.78. The SMILES string of the molecule is CC(NC(=O)C(N)Cc1ccc(O)cc1)C(=O)NC(CC(N)=O)C(=O)NC(CCC(=O)O)C(=O)O. The van der Waals surface area contributed by atoms with Crippen molar-refractivity contribution in [2.45, 2.75) is 56.8 Å². The molecule has 14 heteroatoms. The van der Waals surface area contributed by atoms with E-state index in [4.69, 9.17) is 16.6 Å². The summed E-state index contributed by atoms with van der Waals surface area (Å²) in [4.78, 5) is 70.7. The first-order valence-corrected chi connectivity index (χ1v) is 10.5. The largest absolute Gasteiger partial charge is 0.508 e. The number of aromatic hydroxyl groups is 1. The van der Waals surface area contributed by atoms with Gasteiger partial charge in [-0.3, -0.25) is 24.0 Å². The topological polar surface area (TPSA) is 251 Å². The third kappa shape index (κ3) is 10.5. The monoisotopic (exact) mass is 495 g/mol. The second-order valence-corrected chi connectivity index (χ2v) is 7.77. The van der Waals surface area contributed by atoms with Gasteiger partial charge in [0.15, 0.2) is 0 Å². The number of hydrogen-bond acceptors (Lipinski definition) is 8. The predicted octanol–water partition coefficient (Wildman–Crippen LogP) is -2.44. The highest BCUT2D eigenvalue weighted by molar-refractivity contribution is 5.96. The second kappa shape index (κ2) is 13.5. The molecule has 1 rings (SSSR count). The Labute approximate surface area is 200 Å². The number of carboxylic acid groups (broad SMARTS) is 2. The number of primary amides is 1. The summed E-state index contributed by atoms with van der Waals surface area (Å²) in [6.07, 6.45) is -1.54. The maximum atomic E-state index is 12.5. The van der Waals surface area contributed by atoms with E-state index in [1.165, 1.54) is 19.1 Å². The Morgan fingerprint density at radius 1 is 0.886 bits per heavy atom. The molecule has 0 aliphatic rings. The van der Waals surface area contributed by atoms with Gasteiger partial charge in [-0.25, -0.2) is 4.79 Å². The Hall–Kier alpha value is -4.20. The van der Waals surface area contributed by atoms with Crippen LogP contribution in [0.15, 0.2) is 24.3 Å². The van der Waals surface area contributed by atoms with Gasteiger partial charge in [-0.2, -0.15) is 0 Å². The van der Waals surface area contributed by atoms with Crippen LogP contribution in [0, 0.1) is 0 Å². The van der Waals surface area contributed by atoms with Gasteiger partial charge in [-0.1, -0.05) is 12.1 Å². The van der Waals surface area contributed by atoms with E-state index >= 15 is 0 Å². The van der Waals surface area contributed by atoms with Crippen LogP contribution in [0.25, 0.3) is 0 Å². The number of phenolic OH excluding ortho intramolecular Hbond substituents is 1. The van der Waals surface area contributed by atoms with E-state index < -0.39 is 79.0 Å². The summed E-state index contributed by atoms with van der Waals surface area (Å²) in [7, 11) is 0. The van der Waals surface area contributed by atoms with Crippen molar-refractivity contribution in [1.29, 1.82) is 0 Å². The maximum Gasteiger partial charge on any atom is 0.326 e. The molecule has 0 saturated carbocycles. The van der Waals surface area contributed by atoms with Gasteiger partial charge in [0.05, 0.1) is 12.5 Å². The normalized spacial score (nSPS) is 14.0. The molecule has 1 aromatic carbocycles. The Morgan fingerprint density at radius 2 is 1.46 bits per heavy atom. The highest BCUT2D eigenvalue weighted by Crippen LogP contribution is 2.11. The van der Waals surface area contributed by atoms with Crippen LogP contribution in [0.1, 0.15) is 31.7 Å². The molecule has 0 radical (unpaired) electrons. The van der Waals surface area contributed by atoms with Gasteiger partial charge in [0.1, 0.15) is 23.9 Å². The van der Waals surface area contributed by atoms with Crippen molar-refractivity contribution >= 4 is 35.6 Å². The fourth-order valence-electron chi connectivity index (χ4n) is 2.87. The van der Waals surface area contributed by atoms with E-state index in [9.17, 15) is 39.0 Å². The van der Waals surface area contributed by atoms with Crippen molar-refractivity contribution in [3.8, 4) is 5.75 Å². The van der Waals surface area contributed by atoms with Gasteiger partial charge in [-0.05, 0) is 37.5 Å². The van der Waals surface area contributed by atoms with Crippen molar-refractivity contribution in [2.75, 3.05) is 0 Å². The van der Waals surface area contributed by atoms with E-state index in [0.29, 0.717) is 5.56 Å². The lowest BCUT2D eigenvalue weighted by atomic mass is 10.1. The van der Waals surface area contributed by atoms with Gasteiger partial charge < -0.3 is 42.7 Å². The predicted molar refractivity (Wildman–Crippen MR) is 120 cm³/mol. The number of carbonyl (C=O) groups is 6. The molecule has 0 saturated heterocycles. The summed E-state index contributed by atoms with van der Waals surface area (Å²) in [6.45, 7) is 1.30. The molecule has 10 N–H and O–H groups in total. The minimum atomic E-state index is -1.58. The molecular formula is C21H29N5O9. The first-order valence-electron chi connectivity index (χ1n) is 10.5. The van der Waals surface area contributed by atoms with E-state index in [1.807, 2.05) is 0 Å². The van der Waals surface area contributed by atoms with Crippen LogP contribution in [0.4, 0.5) is 0 Å². The smallest absolute Gasteiger partial charge is 0.326 e. The molecule has 0 bridgehead atoms. The Balaban J connectivity index is 2.76. The Bertz CT molecular complexity index is 951. The van der Waals surface area contributed by atoms with Gasteiger partial charge in [0, 0.05) is 6.42 Å². The lowest BCUT2D eigenvalue weighted by Gasteiger charge is -2.23. The number of hydrogen-bond donors (Lipinski definition) is 8. The summed E-state index contributed by atoms with van der Waals surface area (Å²) >= 11 is 0. The molecule has 1 aromatic rings. The van der Waals surface area contributed by atoms with E-state index in [2.05, 4.69) is 16.0 Å². The lowest BCUT2D eigenvalue weighted by Crippen LogP contribution is -2.57. The molecule has 4 atom stereocenters. The zero-order valence-electron chi connectivity index (χ0n) is 18.9. The average molecular weight is 495 g/mol. The number of amides is 4. The first-order chi connectivity index (χ1) is 16.3. The molecule has 0 aliphatic carbocycles. The van der Waals surface area contributed by atoms with Crippen LogP contribution in [-0.2, 0) is 35.2 Å². The van der Waals surface area contributed by atoms with Crippen LogP contribution in [0.5, 0.6) is 5.75 Å². The summed E-state index contributed by atoms with van der Waals surface area (Å²) in [6, 6.07) is 0.619. The Kier molecular flexibility index (Phi) is 11.1. The highest BCUT2D eigenvalue weighted by Gasteiger charge is 2.30. The van der Waals surface area contributed by atoms with Crippen LogP contribution in [0.2, 0.25) is 0 Å². The van der Waals surface area contributed by atoms with Crippen LogP contribution in [-0.4, -0.2) is 75.1 Å². The van der Waals surface area contributed by atoms with Gasteiger partial charge in [-0.15, -0.1) is 0 Å². The molecule has 4 amide bonds. The van der Waals surface area contributed by atoms with Gasteiger partial charge in [0.25, 0.3) is 0 Å². The zero-order valence-corrected chi connectivity index (χ0v) is 18.9. The summed E-state index contributed by atoms with van der Waals surface area (Å²) in [5, 5.41) is 33.8. The number of nitrogens with one attached hydrogen (secondary N) is 3. The molecule has 192 valence electrons. The average Bonchev–Trinajstić information content (AvgIpc) is 2.76. The molecule has 0 spiro atoms. The lowest BCUT2D eigenvalue weighted by molar-refractivity contribution is -0.143. The minimum absolute atomic E-state index is 0.0446. The molecule has 0 aromatic heterocycles. The van der Waals surface area contributed by atoms with Crippen molar-refractivity contribution in [2.24, 2.45) is 11.5 Å². The number of carbonyl (C=O) groups excluding carboxylic acids is 4. The molecule has 0 fully saturated rings.